The molecule has 0 radical (unpaired) electrons. The Morgan fingerprint density at radius 2 is 1.03 bits per heavy atom. The van der Waals surface area contributed by atoms with Crippen LogP contribution in [0.4, 0.5) is 0 Å². The summed E-state index contributed by atoms with van der Waals surface area (Å²) in [5.74, 6) is -1.54. The third-order valence-corrected chi connectivity index (χ3v) is 11.5. The molecule has 2 heterocycles. The molecule has 6 amide bonds. The molecule has 12 unspecified atom stereocenters. The third-order valence-electron chi connectivity index (χ3n) is 11.5. The van der Waals surface area contributed by atoms with Gasteiger partial charge in [0.25, 0.3) is 0 Å². The number of aliphatic hydroxyl groups is 6. The maximum absolute atomic E-state index is 13.3. The summed E-state index contributed by atoms with van der Waals surface area (Å²) in [7, 11) is 1.62. The number of ether oxygens (including phenoxy) is 5. The van der Waals surface area contributed by atoms with Crippen molar-refractivity contribution in [2.45, 2.75) is 184 Å². The van der Waals surface area contributed by atoms with Crippen molar-refractivity contribution in [1.29, 1.82) is 0 Å². The summed E-state index contributed by atoms with van der Waals surface area (Å²) in [6.07, 6.45) is -2.57. The van der Waals surface area contributed by atoms with E-state index in [1.807, 2.05) is 6.92 Å². The number of hydrogen-bond acceptors (Lipinski definition) is 17. The zero-order chi connectivity index (χ0) is 50.4. The molecule has 12 atom stereocenters. The standard InChI is InChI=1S/C45H82N6O17/c1-28(27-64-4)24-48-35(57)18-8-5-12-21-47-43(63)31(51-36(58)19-10-7-15-23-66-45-38(50-30(3)55)42(62)40(60)33(26-53)68-45)16-11-13-20-46-34(56)17-9-6-14-22-65-44-37(49-29(2)54)41(61)39(59)32(25-52)67-44/h28,31-33,37-42,44-45,52-53,59-62H,5-27H2,1-4H3,(H,46,56)(H,47,63)(H,48,57)(H,49,54)(H,50,55)(H,51,58). The van der Waals surface area contributed by atoms with Crippen molar-refractivity contribution in [1.82, 2.24) is 31.9 Å². The highest BCUT2D eigenvalue weighted by molar-refractivity contribution is 5.87. The normalized spacial score (nSPS) is 25.7. The lowest BCUT2D eigenvalue weighted by atomic mass is 9.97. The van der Waals surface area contributed by atoms with E-state index in [0.717, 1.165) is 6.42 Å². The van der Waals surface area contributed by atoms with Crippen LogP contribution in [-0.2, 0) is 52.5 Å². The molecule has 394 valence electrons. The molecule has 0 bridgehead atoms. The molecule has 0 aromatic carbocycles. The van der Waals surface area contributed by atoms with Crippen LogP contribution in [0.2, 0.25) is 0 Å². The summed E-state index contributed by atoms with van der Waals surface area (Å²) in [4.78, 5) is 74.4. The fraction of sp³-hybridized carbons (Fsp3) is 0.867. The zero-order valence-corrected chi connectivity index (χ0v) is 40.4. The molecule has 0 spiro atoms. The van der Waals surface area contributed by atoms with E-state index < -0.39 is 92.4 Å². The highest BCUT2D eigenvalue weighted by atomic mass is 16.7. The van der Waals surface area contributed by atoms with Crippen LogP contribution in [-0.4, -0.2) is 193 Å². The molecule has 0 aromatic heterocycles. The van der Waals surface area contributed by atoms with E-state index in [1.165, 1.54) is 13.8 Å². The van der Waals surface area contributed by atoms with Crippen LogP contribution in [0, 0.1) is 5.92 Å². The van der Waals surface area contributed by atoms with Gasteiger partial charge in [0.05, 0.1) is 19.8 Å². The molecule has 23 nitrogen and oxygen atoms in total. The van der Waals surface area contributed by atoms with Crippen molar-refractivity contribution in [3.05, 3.63) is 0 Å². The number of aliphatic hydroxyl groups excluding tert-OH is 6. The van der Waals surface area contributed by atoms with Crippen molar-refractivity contribution in [3.63, 3.8) is 0 Å². The number of carbonyl (C=O) groups excluding carboxylic acids is 6. The molecular weight excluding hydrogens is 897 g/mol. The summed E-state index contributed by atoms with van der Waals surface area (Å²) in [6, 6.07) is -2.90. The fourth-order valence-electron chi connectivity index (χ4n) is 7.72. The van der Waals surface area contributed by atoms with Crippen molar-refractivity contribution in [3.8, 4) is 0 Å². The van der Waals surface area contributed by atoms with Gasteiger partial charge in [-0.05, 0) is 63.7 Å². The Morgan fingerprint density at radius 1 is 0.574 bits per heavy atom. The van der Waals surface area contributed by atoms with E-state index in [0.29, 0.717) is 103 Å². The monoisotopic (exact) mass is 979 g/mol. The van der Waals surface area contributed by atoms with E-state index in [2.05, 4.69) is 31.9 Å². The van der Waals surface area contributed by atoms with Crippen molar-refractivity contribution in [2.24, 2.45) is 5.92 Å². The molecule has 23 heteroatoms. The summed E-state index contributed by atoms with van der Waals surface area (Å²) in [6.45, 7) is 5.53. The van der Waals surface area contributed by atoms with E-state index in [4.69, 9.17) is 23.7 Å². The predicted octanol–water partition coefficient (Wildman–Crippen LogP) is -2.13. The minimum Gasteiger partial charge on any atom is -0.394 e. The second-order valence-corrected chi connectivity index (χ2v) is 17.7. The maximum Gasteiger partial charge on any atom is 0.242 e. The molecule has 68 heavy (non-hydrogen) atoms. The van der Waals surface area contributed by atoms with Gasteiger partial charge in [0, 0.05) is 73.1 Å². The lowest BCUT2D eigenvalue weighted by Gasteiger charge is -2.42. The summed E-state index contributed by atoms with van der Waals surface area (Å²) in [5, 5.41) is 76.8. The lowest BCUT2D eigenvalue weighted by molar-refractivity contribution is -0.270. The smallest absolute Gasteiger partial charge is 0.242 e. The van der Waals surface area contributed by atoms with Gasteiger partial charge in [0.15, 0.2) is 12.6 Å². The van der Waals surface area contributed by atoms with Crippen LogP contribution in [0.25, 0.3) is 0 Å². The Kier molecular flexibility index (Phi) is 30.8. The van der Waals surface area contributed by atoms with Crippen LogP contribution >= 0.6 is 0 Å². The quantitative estimate of drug-likeness (QED) is 0.0302. The van der Waals surface area contributed by atoms with Gasteiger partial charge in [-0.2, -0.15) is 0 Å². The highest BCUT2D eigenvalue weighted by Crippen LogP contribution is 2.24. The lowest BCUT2D eigenvalue weighted by Crippen LogP contribution is -2.64. The Morgan fingerprint density at radius 3 is 1.51 bits per heavy atom. The minimum atomic E-state index is -1.43. The maximum atomic E-state index is 13.3. The molecule has 0 aromatic rings. The number of carbonyl (C=O) groups is 6. The van der Waals surface area contributed by atoms with Crippen LogP contribution in [0.1, 0.15) is 117 Å². The Bertz CT molecular complexity index is 1480. The number of methoxy groups -OCH3 is 1. The molecule has 0 aliphatic carbocycles. The summed E-state index contributed by atoms with van der Waals surface area (Å²) < 4.78 is 27.7. The van der Waals surface area contributed by atoms with Crippen molar-refractivity contribution >= 4 is 35.4 Å². The number of amides is 6. The Hall–Kier alpha value is -3.62. The molecule has 0 saturated carbocycles. The molecule has 2 aliphatic rings. The largest absolute Gasteiger partial charge is 0.394 e. The van der Waals surface area contributed by atoms with Gasteiger partial charge >= 0.3 is 0 Å². The molecule has 2 saturated heterocycles. The Balaban J connectivity index is 1.77. The fourth-order valence-corrected chi connectivity index (χ4v) is 7.72. The SMILES string of the molecule is COCC(C)CNC(=O)CCCCCNC(=O)C(CCCCNC(=O)CCCCCOC1OC(CO)C(O)C(O)C1NC(C)=O)NC(=O)CCCCCOC1OC(CO)C(O)C(O)C1NC(C)=O. The summed E-state index contributed by atoms with van der Waals surface area (Å²) in [5.41, 5.74) is 0. The highest BCUT2D eigenvalue weighted by Gasteiger charge is 2.46. The molecular formula is C45H82N6O17. The van der Waals surface area contributed by atoms with E-state index in [1.54, 1.807) is 7.11 Å². The van der Waals surface area contributed by atoms with Crippen LogP contribution in [0.3, 0.4) is 0 Å². The molecule has 2 rings (SSSR count). The van der Waals surface area contributed by atoms with E-state index in [-0.39, 0.29) is 55.6 Å². The zero-order valence-electron chi connectivity index (χ0n) is 40.4. The van der Waals surface area contributed by atoms with E-state index >= 15 is 0 Å². The molecule has 12 N–H and O–H groups in total. The van der Waals surface area contributed by atoms with Crippen LogP contribution in [0.5, 0.6) is 0 Å². The van der Waals surface area contributed by atoms with E-state index in [9.17, 15) is 59.4 Å². The van der Waals surface area contributed by atoms with Gasteiger partial charge in [-0.25, -0.2) is 0 Å². The topological polar surface area (TPSA) is 342 Å². The first-order chi connectivity index (χ1) is 32.5. The Labute approximate surface area is 399 Å². The van der Waals surface area contributed by atoms with Crippen LogP contribution < -0.4 is 31.9 Å². The van der Waals surface area contributed by atoms with Gasteiger partial charge in [0.2, 0.25) is 35.4 Å². The average molecular weight is 979 g/mol. The van der Waals surface area contributed by atoms with Crippen LogP contribution in [0.15, 0.2) is 0 Å². The van der Waals surface area contributed by atoms with Gasteiger partial charge in [-0.15, -0.1) is 0 Å². The van der Waals surface area contributed by atoms with Gasteiger partial charge in [-0.3, -0.25) is 28.8 Å². The van der Waals surface area contributed by atoms with Crippen molar-refractivity contribution in [2.75, 3.05) is 59.8 Å². The molecule has 2 aliphatic heterocycles. The average Bonchev–Trinajstić information content (AvgIpc) is 3.29. The first-order valence-electron chi connectivity index (χ1n) is 24.1. The first-order valence-corrected chi connectivity index (χ1v) is 24.1. The van der Waals surface area contributed by atoms with Crippen molar-refractivity contribution < 1.29 is 83.1 Å². The number of nitrogens with one attached hydrogen (secondary N) is 6. The second-order valence-electron chi connectivity index (χ2n) is 17.7. The summed E-state index contributed by atoms with van der Waals surface area (Å²) >= 11 is 0. The third kappa shape index (κ3) is 23.8. The number of rotatable bonds is 35. The van der Waals surface area contributed by atoms with Gasteiger partial charge < -0.3 is 86.2 Å². The first kappa shape index (κ1) is 60.5. The number of unbranched alkanes of at least 4 members (excludes halogenated alkanes) is 7. The minimum absolute atomic E-state index is 0.0373. The second kappa shape index (κ2) is 34.6. The van der Waals surface area contributed by atoms with Gasteiger partial charge in [0.1, 0.15) is 54.7 Å². The predicted molar refractivity (Wildman–Crippen MR) is 244 cm³/mol. The number of hydrogen-bond donors (Lipinski definition) is 12. The van der Waals surface area contributed by atoms with Gasteiger partial charge in [-0.1, -0.05) is 26.2 Å². The molecule has 2 fully saturated rings.